The van der Waals surface area contributed by atoms with Crippen LogP contribution < -0.4 is 0 Å². The second kappa shape index (κ2) is 9.56. The number of benzene rings is 5. The second-order valence-corrected chi connectivity index (χ2v) is 11.4. The van der Waals surface area contributed by atoms with Gasteiger partial charge in [0.05, 0.1) is 11.2 Å². The highest BCUT2D eigenvalue weighted by Crippen LogP contribution is 2.54. The monoisotopic (exact) mass is 540 g/mol. The SMILES string of the molecule is CCC1(CC)c2ccccc2-c2ccc(-c3c(-c4ccccc4)nn4c(-c5ccccc5)cc5ccccc5c34)cc21. The maximum absolute atomic E-state index is 5.41. The highest BCUT2D eigenvalue weighted by Gasteiger charge is 2.40. The van der Waals surface area contributed by atoms with Crippen molar-refractivity contribution in [2.75, 3.05) is 0 Å². The zero-order chi connectivity index (χ0) is 28.3. The molecule has 8 rings (SSSR count). The van der Waals surface area contributed by atoms with Crippen LogP contribution in [0.2, 0.25) is 0 Å². The van der Waals surface area contributed by atoms with E-state index in [2.05, 4.69) is 152 Å². The highest BCUT2D eigenvalue weighted by molar-refractivity contribution is 6.09. The molecule has 0 amide bonds. The normalized spacial score (nSPS) is 13.4. The van der Waals surface area contributed by atoms with Crippen molar-refractivity contribution in [2.45, 2.75) is 32.1 Å². The van der Waals surface area contributed by atoms with Gasteiger partial charge in [0.2, 0.25) is 0 Å². The Balaban J connectivity index is 1.50. The van der Waals surface area contributed by atoms with Crippen molar-refractivity contribution < 1.29 is 0 Å². The van der Waals surface area contributed by atoms with Gasteiger partial charge in [-0.05, 0) is 58.2 Å². The highest BCUT2D eigenvalue weighted by atomic mass is 15.2. The number of aromatic nitrogens is 2. The van der Waals surface area contributed by atoms with E-state index in [1.807, 2.05) is 0 Å². The minimum Gasteiger partial charge on any atom is -0.231 e. The summed E-state index contributed by atoms with van der Waals surface area (Å²) in [6, 6.07) is 48.5. The van der Waals surface area contributed by atoms with E-state index >= 15 is 0 Å². The summed E-state index contributed by atoms with van der Waals surface area (Å²) in [5.74, 6) is 0. The minimum atomic E-state index is 0.00901. The molecular formula is C40H32N2. The van der Waals surface area contributed by atoms with Gasteiger partial charge >= 0.3 is 0 Å². The molecule has 1 aliphatic rings. The molecule has 2 heteroatoms. The van der Waals surface area contributed by atoms with Crippen LogP contribution in [0.3, 0.4) is 0 Å². The largest absolute Gasteiger partial charge is 0.231 e. The molecule has 0 saturated carbocycles. The van der Waals surface area contributed by atoms with Crippen LogP contribution in [0.5, 0.6) is 0 Å². The van der Waals surface area contributed by atoms with E-state index in [4.69, 9.17) is 5.10 Å². The Morgan fingerprint density at radius 1 is 0.571 bits per heavy atom. The third kappa shape index (κ3) is 3.48. The van der Waals surface area contributed by atoms with Crippen LogP contribution in [0.1, 0.15) is 37.8 Å². The fourth-order valence-electron chi connectivity index (χ4n) is 7.40. The Morgan fingerprint density at radius 2 is 1.21 bits per heavy atom. The molecule has 1 aliphatic carbocycles. The lowest BCUT2D eigenvalue weighted by atomic mass is 9.73. The zero-order valence-electron chi connectivity index (χ0n) is 24.0. The van der Waals surface area contributed by atoms with Crippen molar-refractivity contribution in [1.29, 1.82) is 0 Å². The molecule has 2 aromatic heterocycles. The van der Waals surface area contributed by atoms with Crippen LogP contribution in [-0.4, -0.2) is 9.61 Å². The van der Waals surface area contributed by atoms with Gasteiger partial charge in [-0.3, -0.25) is 0 Å². The molecule has 0 saturated heterocycles. The molecule has 2 nitrogen and oxygen atoms in total. The van der Waals surface area contributed by atoms with Gasteiger partial charge in [-0.15, -0.1) is 0 Å². The number of rotatable bonds is 5. The first-order valence-corrected chi connectivity index (χ1v) is 15.0. The van der Waals surface area contributed by atoms with Gasteiger partial charge < -0.3 is 0 Å². The molecule has 0 atom stereocenters. The van der Waals surface area contributed by atoms with Crippen LogP contribution in [0.4, 0.5) is 0 Å². The fraction of sp³-hybridized carbons (Fsp3) is 0.125. The van der Waals surface area contributed by atoms with Gasteiger partial charge in [0.25, 0.3) is 0 Å². The van der Waals surface area contributed by atoms with Crippen molar-refractivity contribution in [3.8, 4) is 44.8 Å². The van der Waals surface area contributed by atoms with Crippen molar-refractivity contribution in [3.63, 3.8) is 0 Å². The van der Waals surface area contributed by atoms with E-state index < -0.39 is 0 Å². The summed E-state index contributed by atoms with van der Waals surface area (Å²) in [6.07, 6.45) is 2.14. The quantitative estimate of drug-likeness (QED) is 0.212. The maximum Gasteiger partial charge on any atom is 0.101 e. The summed E-state index contributed by atoms with van der Waals surface area (Å²) in [6.45, 7) is 4.68. The first kappa shape index (κ1) is 24.8. The molecule has 42 heavy (non-hydrogen) atoms. The Bertz CT molecular complexity index is 2100. The smallest absolute Gasteiger partial charge is 0.101 e. The summed E-state index contributed by atoms with van der Waals surface area (Å²) in [7, 11) is 0. The van der Waals surface area contributed by atoms with Crippen molar-refractivity contribution in [2.24, 2.45) is 0 Å². The fourth-order valence-corrected chi connectivity index (χ4v) is 7.40. The Kier molecular flexibility index (Phi) is 5.65. The summed E-state index contributed by atoms with van der Waals surface area (Å²) in [4.78, 5) is 0. The van der Waals surface area contributed by atoms with Crippen LogP contribution in [0, 0.1) is 0 Å². The third-order valence-electron chi connectivity index (χ3n) is 9.50. The lowest BCUT2D eigenvalue weighted by Crippen LogP contribution is -2.23. The van der Waals surface area contributed by atoms with E-state index in [1.165, 1.54) is 44.2 Å². The van der Waals surface area contributed by atoms with Crippen LogP contribution in [-0.2, 0) is 5.41 Å². The standard InChI is InChI=1S/C40H32N2/c1-3-40(4-2)34-22-14-13-21-32(34)33-24-23-30(25-35(33)40)37-38(28-17-9-6-10-18-28)41-42-36(27-15-7-5-8-16-27)26-29-19-11-12-20-31(29)39(37)42/h5-26H,3-4H2,1-2H3. The summed E-state index contributed by atoms with van der Waals surface area (Å²) >= 11 is 0. The average molecular weight is 541 g/mol. The maximum atomic E-state index is 5.41. The Morgan fingerprint density at radius 3 is 1.98 bits per heavy atom. The summed E-state index contributed by atoms with van der Waals surface area (Å²) in [5, 5.41) is 7.84. The Labute approximate surface area is 246 Å². The molecule has 0 bridgehead atoms. The first-order chi connectivity index (χ1) is 20.7. The van der Waals surface area contributed by atoms with Gasteiger partial charge in [-0.25, -0.2) is 4.52 Å². The van der Waals surface area contributed by atoms with E-state index in [0.717, 1.165) is 40.9 Å². The van der Waals surface area contributed by atoms with Crippen LogP contribution in [0.25, 0.3) is 61.1 Å². The predicted molar refractivity (Wildman–Crippen MR) is 176 cm³/mol. The lowest BCUT2D eigenvalue weighted by Gasteiger charge is -2.30. The molecule has 0 N–H and O–H groups in total. The van der Waals surface area contributed by atoms with E-state index in [1.54, 1.807) is 0 Å². The molecule has 0 radical (unpaired) electrons. The van der Waals surface area contributed by atoms with Gasteiger partial charge in [0, 0.05) is 27.5 Å². The predicted octanol–water partition coefficient (Wildman–Crippen LogP) is 10.6. The molecule has 0 spiro atoms. The van der Waals surface area contributed by atoms with Crippen molar-refractivity contribution >= 4 is 16.3 Å². The second-order valence-electron chi connectivity index (χ2n) is 11.4. The molecule has 202 valence electrons. The number of fused-ring (bicyclic) bond motifs is 6. The van der Waals surface area contributed by atoms with Crippen LogP contribution >= 0.6 is 0 Å². The lowest BCUT2D eigenvalue weighted by molar-refractivity contribution is 0.490. The molecule has 0 fully saturated rings. The van der Waals surface area contributed by atoms with Gasteiger partial charge in [0.15, 0.2) is 0 Å². The van der Waals surface area contributed by atoms with Gasteiger partial charge in [-0.2, -0.15) is 5.10 Å². The molecule has 5 aromatic carbocycles. The molecule has 2 heterocycles. The number of hydrogen-bond acceptors (Lipinski definition) is 1. The summed E-state index contributed by atoms with van der Waals surface area (Å²) in [5.41, 5.74) is 13.6. The topological polar surface area (TPSA) is 17.3 Å². The average Bonchev–Trinajstić information content (AvgIpc) is 3.60. The summed E-state index contributed by atoms with van der Waals surface area (Å²) < 4.78 is 2.18. The van der Waals surface area contributed by atoms with Gasteiger partial charge in [0.1, 0.15) is 5.69 Å². The first-order valence-electron chi connectivity index (χ1n) is 15.0. The van der Waals surface area contributed by atoms with E-state index in [0.29, 0.717) is 0 Å². The van der Waals surface area contributed by atoms with Crippen LogP contribution in [0.15, 0.2) is 133 Å². The molecular weight excluding hydrogens is 508 g/mol. The van der Waals surface area contributed by atoms with E-state index in [9.17, 15) is 0 Å². The van der Waals surface area contributed by atoms with Crippen molar-refractivity contribution in [3.05, 3.63) is 145 Å². The number of nitrogens with zero attached hydrogens (tertiary/aromatic N) is 2. The minimum absolute atomic E-state index is 0.00901. The van der Waals surface area contributed by atoms with Crippen molar-refractivity contribution in [1.82, 2.24) is 9.61 Å². The zero-order valence-corrected chi connectivity index (χ0v) is 24.0. The third-order valence-corrected chi connectivity index (χ3v) is 9.50. The number of pyridine rings is 1. The molecule has 7 aromatic rings. The van der Waals surface area contributed by atoms with Gasteiger partial charge in [-0.1, -0.05) is 135 Å². The van der Waals surface area contributed by atoms with E-state index in [-0.39, 0.29) is 5.41 Å². The molecule has 0 unspecified atom stereocenters. The molecule has 0 aliphatic heterocycles. The number of hydrogen-bond donors (Lipinski definition) is 0. The Hall–Kier alpha value is -4.95.